The van der Waals surface area contributed by atoms with Crippen molar-refractivity contribution in [1.82, 2.24) is 0 Å². The van der Waals surface area contributed by atoms with Crippen molar-refractivity contribution >= 4 is 33.3 Å². The zero-order valence-electron chi connectivity index (χ0n) is 13.7. The smallest absolute Gasteiger partial charge is 0.454 e. The Balaban J connectivity index is 1.73. The van der Waals surface area contributed by atoms with E-state index in [1.165, 1.54) is 12.1 Å². The van der Waals surface area contributed by atoms with Crippen LogP contribution in [0.4, 0.5) is 24.5 Å². The Hall–Kier alpha value is -3.15. The van der Waals surface area contributed by atoms with E-state index < -0.39 is 6.36 Å². The maximum atomic E-state index is 12.3. The second-order valence-electron chi connectivity index (χ2n) is 5.85. The first-order valence-corrected chi connectivity index (χ1v) is 7.92. The molecule has 0 atom stereocenters. The zero-order chi connectivity index (χ0) is 18.3. The largest absolute Gasteiger partial charge is 0.573 e. The highest BCUT2D eigenvalue weighted by Crippen LogP contribution is 2.37. The molecule has 0 bridgehead atoms. The minimum atomic E-state index is -4.70. The Labute approximate surface area is 147 Å². The first-order chi connectivity index (χ1) is 12.4. The van der Waals surface area contributed by atoms with Gasteiger partial charge in [-0.1, -0.05) is 30.3 Å². The third-order valence-corrected chi connectivity index (χ3v) is 4.20. The normalized spacial score (nSPS) is 11.8. The van der Waals surface area contributed by atoms with Crippen molar-refractivity contribution in [3.8, 4) is 5.75 Å². The molecule has 0 aliphatic heterocycles. The highest BCUT2D eigenvalue weighted by Gasteiger charge is 2.31. The van der Waals surface area contributed by atoms with Crippen LogP contribution < -0.4 is 9.64 Å². The van der Waals surface area contributed by atoms with Gasteiger partial charge in [0.05, 0.1) is 5.69 Å². The van der Waals surface area contributed by atoms with Crippen molar-refractivity contribution in [3.05, 3.63) is 66.7 Å². The summed E-state index contributed by atoms with van der Waals surface area (Å²) in [6.45, 7) is 0. The first kappa shape index (κ1) is 16.3. The van der Waals surface area contributed by atoms with E-state index in [-0.39, 0.29) is 5.75 Å². The number of ether oxygens (including phenoxy) is 1. The fraction of sp³-hybridized carbons (Fsp3) is 0.100. The molecule has 26 heavy (non-hydrogen) atoms. The van der Waals surface area contributed by atoms with Gasteiger partial charge in [0.15, 0.2) is 5.58 Å². The van der Waals surface area contributed by atoms with Gasteiger partial charge in [-0.15, -0.1) is 13.2 Å². The van der Waals surface area contributed by atoms with E-state index in [9.17, 15) is 13.2 Å². The van der Waals surface area contributed by atoms with Gasteiger partial charge in [0.1, 0.15) is 11.3 Å². The van der Waals surface area contributed by atoms with Crippen LogP contribution in [0.1, 0.15) is 0 Å². The summed E-state index contributed by atoms with van der Waals surface area (Å²) in [6, 6.07) is 19.3. The van der Waals surface area contributed by atoms with Crippen LogP contribution in [-0.4, -0.2) is 13.4 Å². The Bertz CT molecular complexity index is 1070. The minimum Gasteiger partial charge on any atom is -0.454 e. The molecule has 0 aliphatic rings. The van der Waals surface area contributed by atoms with Crippen LogP contribution in [0.15, 0.2) is 71.1 Å². The molecule has 0 fully saturated rings. The summed E-state index contributed by atoms with van der Waals surface area (Å²) in [5.41, 5.74) is 3.06. The van der Waals surface area contributed by atoms with Gasteiger partial charge in [-0.25, -0.2) is 0 Å². The number of alkyl halides is 3. The minimum absolute atomic E-state index is 0.253. The van der Waals surface area contributed by atoms with Crippen LogP contribution in [0, 0.1) is 0 Å². The number of benzene rings is 3. The third-order valence-electron chi connectivity index (χ3n) is 4.20. The molecule has 3 nitrogen and oxygen atoms in total. The van der Waals surface area contributed by atoms with Crippen molar-refractivity contribution in [2.24, 2.45) is 0 Å². The van der Waals surface area contributed by atoms with E-state index >= 15 is 0 Å². The van der Waals surface area contributed by atoms with Gasteiger partial charge in [0.25, 0.3) is 0 Å². The van der Waals surface area contributed by atoms with Crippen LogP contribution in [0.25, 0.3) is 21.9 Å². The molecule has 3 aromatic carbocycles. The number of halogens is 3. The van der Waals surface area contributed by atoms with Crippen LogP contribution in [0.5, 0.6) is 5.75 Å². The molecule has 0 radical (unpaired) electrons. The number of nitrogens with zero attached hydrogens (tertiary/aromatic N) is 1. The number of anilines is 2. The standard InChI is InChI=1S/C20H14F3NO2/c1-24(13-9-11-14(12-10-13)26-20(21,22)23)17-7-4-6-16-15-5-2-3-8-18(15)25-19(16)17/h2-12H,1H3. The maximum Gasteiger partial charge on any atom is 0.573 e. The number of hydrogen-bond donors (Lipinski definition) is 0. The van der Waals surface area contributed by atoms with Crippen molar-refractivity contribution in [2.75, 3.05) is 11.9 Å². The molecule has 6 heteroatoms. The fourth-order valence-corrected chi connectivity index (χ4v) is 3.01. The zero-order valence-corrected chi connectivity index (χ0v) is 13.7. The van der Waals surface area contributed by atoms with Gasteiger partial charge in [0.2, 0.25) is 0 Å². The molecule has 0 N–H and O–H groups in total. The highest BCUT2D eigenvalue weighted by atomic mass is 19.4. The predicted octanol–water partition coefficient (Wildman–Crippen LogP) is 6.25. The summed E-state index contributed by atoms with van der Waals surface area (Å²) >= 11 is 0. The van der Waals surface area contributed by atoms with Gasteiger partial charge in [-0.05, 0) is 36.4 Å². The molecule has 4 aromatic rings. The molecule has 0 spiro atoms. The van der Waals surface area contributed by atoms with Crippen molar-refractivity contribution < 1.29 is 22.3 Å². The molecule has 1 aromatic heterocycles. The summed E-state index contributed by atoms with van der Waals surface area (Å²) in [6.07, 6.45) is -4.70. The molecular weight excluding hydrogens is 343 g/mol. The van der Waals surface area contributed by atoms with Gasteiger partial charge in [-0.3, -0.25) is 0 Å². The summed E-state index contributed by atoms with van der Waals surface area (Å²) in [5.74, 6) is -0.253. The quantitative estimate of drug-likeness (QED) is 0.433. The average molecular weight is 357 g/mol. The Kier molecular flexibility index (Phi) is 3.76. The van der Waals surface area contributed by atoms with E-state index in [0.717, 1.165) is 27.6 Å². The molecule has 0 aliphatic carbocycles. The first-order valence-electron chi connectivity index (χ1n) is 7.92. The molecular formula is C20H14F3NO2. The van der Waals surface area contributed by atoms with Gasteiger partial charge >= 0.3 is 6.36 Å². The molecule has 0 saturated heterocycles. The van der Waals surface area contributed by atoms with Gasteiger partial charge in [0, 0.05) is 23.5 Å². The van der Waals surface area contributed by atoms with Crippen molar-refractivity contribution in [2.45, 2.75) is 6.36 Å². The second kappa shape index (κ2) is 5.98. The molecule has 0 amide bonds. The Morgan fingerprint density at radius 1 is 0.846 bits per heavy atom. The lowest BCUT2D eigenvalue weighted by Gasteiger charge is -2.20. The van der Waals surface area contributed by atoms with Crippen LogP contribution in [0.3, 0.4) is 0 Å². The topological polar surface area (TPSA) is 25.6 Å². The summed E-state index contributed by atoms with van der Waals surface area (Å²) < 4.78 is 46.8. The SMILES string of the molecule is CN(c1ccc(OC(F)(F)F)cc1)c1cccc2c1oc1ccccc12. The molecule has 0 unspecified atom stereocenters. The summed E-state index contributed by atoms with van der Waals surface area (Å²) in [4.78, 5) is 1.86. The van der Waals surface area contributed by atoms with Crippen LogP contribution in [-0.2, 0) is 0 Å². The Morgan fingerprint density at radius 3 is 2.27 bits per heavy atom. The lowest BCUT2D eigenvalue weighted by molar-refractivity contribution is -0.274. The maximum absolute atomic E-state index is 12.3. The van der Waals surface area contributed by atoms with E-state index in [1.807, 2.05) is 54.4 Å². The van der Waals surface area contributed by atoms with Crippen LogP contribution >= 0.6 is 0 Å². The lowest BCUT2D eigenvalue weighted by Crippen LogP contribution is -2.17. The monoisotopic (exact) mass is 357 g/mol. The molecule has 0 saturated carbocycles. The predicted molar refractivity (Wildman–Crippen MR) is 94.9 cm³/mol. The van der Waals surface area contributed by atoms with E-state index in [4.69, 9.17) is 4.42 Å². The molecule has 4 rings (SSSR count). The molecule has 1 heterocycles. The van der Waals surface area contributed by atoms with Gasteiger partial charge in [-0.2, -0.15) is 0 Å². The highest BCUT2D eigenvalue weighted by molar-refractivity contribution is 6.09. The summed E-state index contributed by atoms with van der Waals surface area (Å²) in [5, 5.41) is 2.01. The Morgan fingerprint density at radius 2 is 1.54 bits per heavy atom. The summed E-state index contributed by atoms with van der Waals surface area (Å²) in [7, 11) is 1.83. The lowest BCUT2D eigenvalue weighted by atomic mass is 10.1. The van der Waals surface area contributed by atoms with Crippen LogP contribution in [0.2, 0.25) is 0 Å². The number of furan rings is 1. The number of fused-ring (bicyclic) bond motifs is 3. The number of hydrogen-bond acceptors (Lipinski definition) is 3. The van der Waals surface area contributed by atoms with E-state index in [2.05, 4.69) is 4.74 Å². The van der Waals surface area contributed by atoms with Crippen molar-refractivity contribution in [1.29, 1.82) is 0 Å². The van der Waals surface area contributed by atoms with Gasteiger partial charge < -0.3 is 14.1 Å². The average Bonchev–Trinajstić information content (AvgIpc) is 2.99. The number of para-hydroxylation sites is 2. The fourth-order valence-electron chi connectivity index (χ4n) is 3.01. The van der Waals surface area contributed by atoms with E-state index in [0.29, 0.717) is 5.69 Å². The number of rotatable bonds is 3. The third kappa shape index (κ3) is 2.94. The van der Waals surface area contributed by atoms with E-state index in [1.54, 1.807) is 12.1 Å². The molecule has 132 valence electrons. The van der Waals surface area contributed by atoms with Crippen molar-refractivity contribution in [3.63, 3.8) is 0 Å². The second-order valence-corrected chi connectivity index (χ2v) is 5.85.